The number of nitrogens with one attached hydrogen (secondary N) is 1. The van der Waals surface area contributed by atoms with E-state index in [2.05, 4.69) is 28.8 Å². The van der Waals surface area contributed by atoms with E-state index in [4.69, 9.17) is 4.74 Å². The number of rotatable bonds is 6. The standard InChI is InChI=1S/C29H37F2N5O2.H2/c1-6-18-15-34(4)16-23(18)21-12-20(17(2)3)26(31)27-22(21)13-24(33-27)29(37)36-9-7-35(8-10-36)28-25(38-5)11-19(30)14-32-28;/h11-14,17-18,23,33H,6-10,15-16H2,1-5H3;1H. The first-order chi connectivity index (χ1) is 18.2. The van der Waals surface area contributed by atoms with Gasteiger partial charge in [-0.15, -0.1) is 0 Å². The van der Waals surface area contributed by atoms with Gasteiger partial charge >= 0.3 is 0 Å². The molecule has 2 saturated heterocycles. The van der Waals surface area contributed by atoms with E-state index in [0.29, 0.717) is 66.4 Å². The van der Waals surface area contributed by atoms with E-state index in [9.17, 15) is 9.18 Å². The Balaban J connectivity index is 0.00000353. The number of amides is 1. The molecule has 1 amide bonds. The summed E-state index contributed by atoms with van der Waals surface area (Å²) in [7, 11) is 3.62. The number of aromatic amines is 1. The molecule has 0 aliphatic carbocycles. The van der Waals surface area contributed by atoms with Gasteiger partial charge in [0, 0.05) is 58.1 Å². The number of pyridine rings is 1. The van der Waals surface area contributed by atoms with Gasteiger partial charge in [-0.05, 0) is 36.1 Å². The first kappa shape index (κ1) is 26.4. The van der Waals surface area contributed by atoms with Crippen LogP contribution in [0.3, 0.4) is 0 Å². The Bertz CT molecular complexity index is 1340. The van der Waals surface area contributed by atoms with Gasteiger partial charge in [-0.25, -0.2) is 13.8 Å². The van der Waals surface area contributed by atoms with Gasteiger partial charge in [0.2, 0.25) is 0 Å². The number of carbonyl (C=O) groups excluding carboxylic acids is 1. The van der Waals surface area contributed by atoms with Crippen LogP contribution in [-0.4, -0.2) is 79.1 Å². The normalized spacial score (nSPS) is 20.6. The average molecular weight is 528 g/mol. The first-order valence-electron chi connectivity index (χ1n) is 13.5. The number of halogens is 2. The summed E-state index contributed by atoms with van der Waals surface area (Å²) < 4.78 is 34.6. The SMILES string of the molecule is CCC1CN(C)CC1c1cc(C(C)C)c(F)c2[nH]c(C(=O)N3CCN(c4ncc(F)cc4OC)CC3)cc12.[HH]. The van der Waals surface area contributed by atoms with Crippen LogP contribution in [0, 0.1) is 17.6 Å². The van der Waals surface area contributed by atoms with Crippen LogP contribution in [0.1, 0.15) is 62.1 Å². The molecule has 4 heterocycles. The van der Waals surface area contributed by atoms with Crippen LogP contribution in [0.2, 0.25) is 0 Å². The largest absolute Gasteiger partial charge is 0.493 e. The van der Waals surface area contributed by atoms with Crippen LogP contribution >= 0.6 is 0 Å². The Hall–Kier alpha value is -3.20. The lowest BCUT2D eigenvalue weighted by Gasteiger charge is -2.35. The maximum atomic E-state index is 15.7. The van der Waals surface area contributed by atoms with E-state index in [1.54, 1.807) is 4.90 Å². The molecule has 2 unspecified atom stereocenters. The zero-order valence-electron chi connectivity index (χ0n) is 22.9. The van der Waals surface area contributed by atoms with Crippen molar-refractivity contribution in [3.63, 3.8) is 0 Å². The average Bonchev–Trinajstić information content (AvgIpc) is 3.52. The predicted octanol–water partition coefficient (Wildman–Crippen LogP) is 5.24. The van der Waals surface area contributed by atoms with Crippen molar-refractivity contribution >= 4 is 22.6 Å². The number of likely N-dealkylation sites (tertiary alicyclic amines) is 1. The summed E-state index contributed by atoms with van der Waals surface area (Å²) in [6.45, 7) is 10.2. The number of aromatic nitrogens is 2. The van der Waals surface area contributed by atoms with Crippen molar-refractivity contribution in [1.29, 1.82) is 0 Å². The molecule has 9 heteroatoms. The number of nitrogens with zero attached hydrogens (tertiary/aromatic N) is 4. The number of likely N-dealkylation sites (N-methyl/N-ethyl adjacent to an activating group) is 1. The van der Waals surface area contributed by atoms with Gasteiger partial charge in [0.1, 0.15) is 11.5 Å². The lowest BCUT2D eigenvalue weighted by atomic mass is 9.83. The van der Waals surface area contributed by atoms with Crippen molar-refractivity contribution < 1.29 is 19.7 Å². The minimum atomic E-state index is -0.458. The first-order valence-corrected chi connectivity index (χ1v) is 13.5. The van der Waals surface area contributed by atoms with Crippen LogP contribution in [0.25, 0.3) is 10.9 Å². The van der Waals surface area contributed by atoms with Crippen LogP contribution < -0.4 is 9.64 Å². The monoisotopic (exact) mass is 527 g/mol. The maximum absolute atomic E-state index is 15.7. The lowest BCUT2D eigenvalue weighted by Crippen LogP contribution is -2.49. The molecule has 0 bridgehead atoms. The Labute approximate surface area is 224 Å². The van der Waals surface area contributed by atoms with Gasteiger partial charge in [0.05, 0.1) is 18.8 Å². The van der Waals surface area contributed by atoms with E-state index in [1.807, 2.05) is 30.9 Å². The molecular formula is C29H39F2N5O2. The molecule has 2 aliphatic rings. The maximum Gasteiger partial charge on any atom is 0.270 e. The fourth-order valence-corrected chi connectivity index (χ4v) is 6.10. The topological polar surface area (TPSA) is 64.7 Å². The zero-order valence-corrected chi connectivity index (χ0v) is 22.9. The molecule has 2 fully saturated rings. The fraction of sp³-hybridized carbons (Fsp3) is 0.517. The molecule has 0 radical (unpaired) electrons. The van der Waals surface area contributed by atoms with Crippen LogP contribution in [0.4, 0.5) is 14.6 Å². The second kappa shape index (κ2) is 10.5. The Morgan fingerprint density at radius 2 is 1.92 bits per heavy atom. The minimum absolute atomic E-state index is 0. The van der Waals surface area contributed by atoms with Crippen LogP contribution in [-0.2, 0) is 0 Å². The number of anilines is 1. The summed E-state index contributed by atoms with van der Waals surface area (Å²) in [5, 5.41) is 0.813. The van der Waals surface area contributed by atoms with Crippen molar-refractivity contribution in [2.75, 3.05) is 58.3 Å². The molecular weight excluding hydrogens is 488 g/mol. The number of methoxy groups -OCH3 is 1. The van der Waals surface area contributed by atoms with E-state index in [0.717, 1.165) is 30.5 Å². The number of hydrogen-bond acceptors (Lipinski definition) is 5. The Kier molecular flexibility index (Phi) is 7.31. The van der Waals surface area contributed by atoms with Gasteiger partial charge in [-0.1, -0.05) is 33.3 Å². The van der Waals surface area contributed by atoms with Crippen LogP contribution in [0.15, 0.2) is 24.4 Å². The number of piperazine rings is 1. The smallest absolute Gasteiger partial charge is 0.270 e. The Morgan fingerprint density at radius 1 is 1.18 bits per heavy atom. The number of hydrogen-bond donors (Lipinski definition) is 1. The number of benzene rings is 1. The summed E-state index contributed by atoms with van der Waals surface area (Å²) >= 11 is 0. The van der Waals surface area contributed by atoms with E-state index >= 15 is 4.39 Å². The highest BCUT2D eigenvalue weighted by molar-refractivity contribution is 5.99. The van der Waals surface area contributed by atoms with Gasteiger partial charge in [0.25, 0.3) is 5.91 Å². The third-order valence-electron chi connectivity index (χ3n) is 8.20. The van der Waals surface area contributed by atoms with E-state index in [-0.39, 0.29) is 19.1 Å². The Morgan fingerprint density at radius 3 is 2.58 bits per heavy atom. The number of fused-ring (bicyclic) bond motifs is 1. The fourth-order valence-electron chi connectivity index (χ4n) is 6.10. The second-order valence-corrected chi connectivity index (χ2v) is 11.0. The van der Waals surface area contributed by atoms with Gasteiger partial charge in [-0.2, -0.15) is 0 Å². The van der Waals surface area contributed by atoms with E-state index < -0.39 is 5.82 Å². The lowest BCUT2D eigenvalue weighted by molar-refractivity contribution is 0.0741. The molecule has 1 N–H and O–H groups in total. The minimum Gasteiger partial charge on any atom is -0.493 e. The summed E-state index contributed by atoms with van der Waals surface area (Å²) in [6.07, 6.45) is 2.22. The molecule has 0 spiro atoms. The highest BCUT2D eigenvalue weighted by Crippen LogP contribution is 2.40. The highest BCUT2D eigenvalue weighted by atomic mass is 19.1. The number of H-pyrrole nitrogens is 1. The molecule has 7 nitrogen and oxygen atoms in total. The molecule has 3 aromatic rings. The van der Waals surface area contributed by atoms with Crippen molar-refractivity contribution in [1.82, 2.24) is 19.8 Å². The number of carbonyl (C=O) groups is 1. The molecule has 5 rings (SSSR count). The quantitative estimate of drug-likeness (QED) is 0.475. The molecule has 206 valence electrons. The van der Waals surface area contributed by atoms with E-state index in [1.165, 1.54) is 19.4 Å². The van der Waals surface area contributed by atoms with Gasteiger partial charge < -0.3 is 24.4 Å². The highest BCUT2D eigenvalue weighted by Gasteiger charge is 2.34. The van der Waals surface area contributed by atoms with Crippen LogP contribution in [0.5, 0.6) is 5.75 Å². The molecule has 2 aliphatic heterocycles. The predicted molar refractivity (Wildman–Crippen MR) is 147 cm³/mol. The molecule has 1 aromatic carbocycles. The van der Waals surface area contributed by atoms with Gasteiger partial charge in [-0.3, -0.25) is 4.79 Å². The van der Waals surface area contributed by atoms with Gasteiger partial charge in [0.15, 0.2) is 17.4 Å². The third kappa shape index (κ3) is 4.72. The summed E-state index contributed by atoms with van der Waals surface area (Å²) in [5.74, 6) is 0.881. The third-order valence-corrected chi connectivity index (χ3v) is 8.20. The molecule has 38 heavy (non-hydrogen) atoms. The molecule has 2 aromatic heterocycles. The summed E-state index contributed by atoms with van der Waals surface area (Å²) in [6, 6.07) is 5.20. The number of ether oxygens (including phenoxy) is 1. The van der Waals surface area contributed by atoms with Crippen molar-refractivity contribution in [3.8, 4) is 5.75 Å². The summed E-state index contributed by atoms with van der Waals surface area (Å²) in [4.78, 5) is 27.0. The summed E-state index contributed by atoms with van der Waals surface area (Å²) in [5.41, 5.74) is 2.66. The van der Waals surface area contributed by atoms with Crippen molar-refractivity contribution in [2.45, 2.75) is 39.0 Å². The van der Waals surface area contributed by atoms with Crippen molar-refractivity contribution in [3.05, 3.63) is 52.9 Å². The van der Waals surface area contributed by atoms with Crippen molar-refractivity contribution in [2.24, 2.45) is 5.92 Å². The molecule has 0 saturated carbocycles. The molecule has 2 atom stereocenters. The second-order valence-electron chi connectivity index (χ2n) is 11.0. The zero-order chi connectivity index (χ0) is 27.1.